The molecule has 4 nitrogen and oxygen atoms in total. The van der Waals surface area contributed by atoms with Gasteiger partial charge < -0.3 is 10.3 Å². The molecule has 2 aromatic heterocycles. The van der Waals surface area contributed by atoms with Crippen LogP contribution in [-0.2, 0) is 13.5 Å². The van der Waals surface area contributed by atoms with Crippen molar-refractivity contribution in [2.75, 3.05) is 0 Å². The Bertz CT molecular complexity index is 393. The van der Waals surface area contributed by atoms with Crippen molar-refractivity contribution in [2.45, 2.75) is 12.5 Å². The summed E-state index contributed by atoms with van der Waals surface area (Å²) in [5.74, 6) is 0.991. The molecule has 0 saturated heterocycles. The lowest BCUT2D eigenvalue weighted by Crippen LogP contribution is -2.15. The molecule has 0 radical (unpaired) electrons. The van der Waals surface area contributed by atoms with E-state index in [1.165, 1.54) is 0 Å². The highest BCUT2D eigenvalue weighted by Crippen LogP contribution is 2.14. The van der Waals surface area contributed by atoms with Crippen molar-refractivity contribution in [1.29, 1.82) is 0 Å². The lowest BCUT2D eigenvalue weighted by molar-refractivity contribution is 0.647. The Balaban J connectivity index is 2.09. The Labute approximate surface area is 86.4 Å². The van der Waals surface area contributed by atoms with Gasteiger partial charge in [-0.3, -0.25) is 0 Å². The van der Waals surface area contributed by atoms with Gasteiger partial charge in [0.15, 0.2) is 0 Å². The third-order valence-electron chi connectivity index (χ3n) is 2.15. The summed E-state index contributed by atoms with van der Waals surface area (Å²) in [6, 6.07) is -0.0534. The third-order valence-corrected chi connectivity index (χ3v) is 2.76. The number of imidazole rings is 1. The minimum atomic E-state index is -0.0534. The minimum Gasteiger partial charge on any atom is -0.338 e. The van der Waals surface area contributed by atoms with Crippen LogP contribution in [0.15, 0.2) is 23.3 Å². The van der Waals surface area contributed by atoms with Gasteiger partial charge in [-0.2, -0.15) is 0 Å². The van der Waals surface area contributed by atoms with E-state index in [9.17, 15) is 0 Å². The highest BCUT2D eigenvalue weighted by molar-refractivity contribution is 7.07. The number of aromatic nitrogens is 3. The SMILES string of the molecule is Cn1ccnc1CC(N)c1cscn1. The van der Waals surface area contributed by atoms with Crippen LogP contribution in [-0.4, -0.2) is 14.5 Å². The Hall–Kier alpha value is -1.20. The predicted molar refractivity (Wildman–Crippen MR) is 56.0 cm³/mol. The van der Waals surface area contributed by atoms with Gasteiger partial charge in [-0.25, -0.2) is 9.97 Å². The van der Waals surface area contributed by atoms with E-state index in [-0.39, 0.29) is 6.04 Å². The molecule has 0 bridgehead atoms. The molecule has 2 rings (SSSR count). The first-order valence-electron chi connectivity index (χ1n) is 4.37. The van der Waals surface area contributed by atoms with Crippen LogP contribution in [0.4, 0.5) is 0 Å². The number of nitrogens with zero attached hydrogens (tertiary/aromatic N) is 3. The molecule has 2 heterocycles. The second-order valence-corrected chi connectivity index (χ2v) is 3.90. The van der Waals surface area contributed by atoms with Crippen molar-refractivity contribution < 1.29 is 0 Å². The number of rotatable bonds is 3. The number of hydrogen-bond acceptors (Lipinski definition) is 4. The molecule has 0 saturated carbocycles. The molecule has 0 fully saturated rings. The van der Waals surface area contributed by atoms with Gasteiger partial charge in [-0.1, -0.05) is 0 Å². The smallest absolute Gasteiger partial charge is 0.110 e. The molecule has 0 aliphatic heterocycles. The van der Waals surface area contributed by atoms with E-state index in [1.807, 2.05) is 23.2 Å². The average molecular weight is 208 g/mol. The summed E-state index contributed by atoms with van der Waals surface area (Å²) in [5, 5.41) is 1.98. The van der Waals surface area contributed by atoms with Crippen LogP contribution in [0, 0.1) is 0 Å². The van der Waals surface area contributed by atoms with Crippen LogP contribution < -0.4 is 5.73 Å². The van der Waals surface area contributed by atoms with E-state index in [0.29, 0.717) is 0 Å². The van der Waals surface area contributed by atoms with Crippen molar-refractivity contribution >= 4 is 11.3 Å². The number of aryl methyl sites for hydroxylation is 1. The van der Waals surface area contributed by atoms with Crippen molar-refractivity contribution in [1.82, 2.24) is 14.5 Å². The summed E-state index contributed by atoms with van der Waals surface area (Å²) in [7, 11) is 1.97. The Morgan fingerprint density at radius 3 is 3.00 bits per heavy atom. The molecule has 0 spiro atoms. The van der Waals surface area contributed by atoms with Crippen LogP contribution in [0.5, 0.6) is 0 Å². The van der Waals surface area contributed by atoms with Gasteiger partial charge in [0.25, 0.3) is 0 Å². The Kier molecular flexibility index (Phi) is 2.60. The highest BCUT2D eigenvalue weighted by Gasteiger charge is 2.11. The zero-order valence-electron chi connectivity index (χ0n) is 7.92. The Morgan fingerprint density at radius 2 is 2.43 bits per heavy atom. The van der Waals surface area contributed by atoms with E-state index < -0.39 is 0 Å². The number of thiazole rings is 1. The van der Waals surface area contributed by atoms with E-state index >= 15 is 0 Å². The van der Waals surface area contributed by atoms with Gasteiger partial charge in [-0.15, -0.1) is 11.3 Å². The van der Waals surface area contributed by atoms with Gasteiger partial charge in [0.05, 0.1) is 17.2 Å². The molecule has 1 unspecified atom stereocenters. The minimum absolute atomic E-state index is 0.0534. The molecular weight excluding hydrogens is 196 g/mol. The normalized spacial score (nSPS) is 13.0. The molecule has 0 aliphatic carbocycles. The second-order valence-electron chi connectivity index (χ2n) is 3.18. The molecule has 5 heteroatoms. The molecule has 74 valence electrons. The molecule has 0 amide bonds. The third kappa shape index (κ3) is 1.83. The van der Waals surface area contributed by atoms with Gasteiger partial charge in [0.2, 0.25) is 0 Å². The standard InChI is InChI=1S/C9H12N4S/c1-13-3-2-11-9(13)4-7(10)8-5-14-6-12-8/h2-3,5-7H,4,10H2,1H3. The summed E-state index contributed by atoms with van der Waals surface area (Å²) in [6.45, 7) is 0. The monoisotopic (exact) mass is 208 g/mol. The zero-order valence-corrected chi connectivity index (χ0v) is 8.74. The van der Waals surface area contributed by atoms with Crippen LogP contribution in [0.2, 0.25) is 0 Å². The predicted octanol–water partition coefficient (Wildman–Crippen LogP) is 1.12. The first-order chi connectivity index (χ1) is 6.77. The molecule has 2 N–H and O–H groups in total. The van der Waals surface area contributed by atoms with Crippen molar-refractivity contribution in [2.24, 2.45) is 12.8 Å². The van der Waals surface area contributed by atoms with E-state index in [0.717, 1.165) is 17.9 Å². The molecular formula is C9H12N4S. The molecule has 0 aliphatic rings. The fourth-order valence-corrected chi connectivity index (χ4v) is 1.92. The van der Waals surface area contributed by atoms with Crippen molar-refractivity contribution in [3.05, 3.63) is 34.8 Å². The first kappa shape index (κ1) is 9.36. The van der Waals surface area contributed by atoms with Gasteiger partial charge in [0.1, 0.15) is 5.82 Å². The van der Waals surface area contributed by atoms with Gasteiger partial charge in [0, 0.05) is 31.2 Å². The molecule has 14 heavy (non-hydrogen) atoms. The fraction of sp³-hybridized carbons (Fsp3) is 0.333. The average Bonchev–Trinajstić information content (AvgIpc) is 2.77. The quantitative estimate of drug-likeness (QED) is 0.822. The molecule has 0 aromatic carbocycles. The number of hydrogen-bond donors (Lipinski definition) is 1. The zero-order chi connectivity index (χ0) is 9.97. The van der Waals surface area contributed by atoms with Crippen LogP contribution >= 0.6 is 11.3 Å². The summed E-state index contributed by atoms with van der Waals surface area (Å²) >= 11 is 1.57. The lowest BCUT2D eigenvalue weighted by atomic mass is 10.1. The second kappa shape index (κ2) is 3.89. The highest BCUT2D eigenvalue weighted by atomic mass is 32.1. The lowest BCUT2D eigenvalue weighted by Gasteiger charge is -2.08. The largest absolute Gasteiger partial charge is 0.338 e. The number of nitrogens with two attached hydrogens (primary N) is 1. The summed E-state index contributed by atoms with van der Waals surface area (Å²) < 4.78 is 1.98. The Morgan fingerprint density at radius 1 is 1.57 bits per heavy atom. The first-order valence-corrected chi connectivity index (χ1v) is 5.31. The van der Waals surface area contributed by atoms with Gasteiger partial charge >= 0.3 is 0 Å². The van der Waals surface area contributed by atoms with Crippen LogP contribution in [0.3, 0.4) is 0 Å². The maximum atomic E-state index is 5.99. The van der Waals surface area contributed by atoms with Crippen LogP contribution in [0.25, 0.3) is 0 Å². The van der Waals surface area contributed by atoms with E-state index in [1.54, 1.807) is 23.0 Å². The van der Waals surface area contributed by atoms with Gasteiger partial charge in [-0.05, 0) is 0 Å². The maximum absolute atomic E-state index is 5.99. The van der Waals surface area contributed by atoms with E-state index in [4.69, 9.17) is 5.73 Å². The van der Waals surface area contributed by atoms with Crippen LogP contribution in [0.1, 0.15) is 17.6 Å². The fourth-order valence-electron chi connectivity index (χ4n) is 1.30. The van der Waals surface area contributed by atoms with E-state index in [2.05, 4.69) is 9.97 Å². The topological polar surface area (TPSA) is 56.7 Å². The van der Waals surface area contributed by atoms with Crippen molar-refractivity contribution in [3.63, 3.8) is 0 Å². The summed E-state index contributed by atoms with van der Waals surface area (Å²) in [5.41, 5.74) is 8.73. The van der Waals surface area contributed by atoms with Crippen molar-refractivity contribution in [3.8, 4) is 0 Å². The maximum Gasteiger partial charge on any atom is 0.110 e. The molecule has 2 aromatic rings. The summed E-state index contributed by atoms with van der Waals surface area (Å²) in [4.78, 5) is 8.41. The molecule has 1 atom stereocenters. The summed E-state index contributed by atoms with van der Waals surface area (Å²) in [6.07, 6.45) is 4.43.